The molecule has 3 rings (SSSR count). The number of benzene rings is 1. The number of carbonyl (C=O) groups excluding carboxylic acids is 2. The quantitative estimate of drug-likeness (QED) is 0.352. The number of rotatable bonds is 10. The van der Waals surface area contributed by atoms with Gasteiger partial charge in [0.2, 0.25) is 6.29 Å². The van der Waals surface area contributed by atoms with Crippen LogP contribution in [0.1, 0.15) is 56.5 Å². The monoisotopic (exact) mass is 428 g/mol. The maximum absolute atomic E-state index is 11.8. The molecule has 1 aliphatic rings. The van der Waals surface area contributed by atoms with Crippen molar-refractivity contribution in [2.24, 2.45) is 5.92 Å². The van der Waals surface area contributed by atoms with E-state index in [1.54, 1.807) is 6.33 Å². The summed E-state index contributed by atoms with van der Waals surface area (Å²) in [5, 5.41) is 9.67. The molecule has 0 saturated heterocycles. The van der Waals surface area contributed by atoms with Gasteiger partial charge in [-0.2, -0.15) is 0 Å². The summed E-state index contributed by atoms with van der Waals surface area (Å²) in [4.78, 5) is 38.9. The van der Waals surface area contributed by atoms with Gasteiger partial charge in [0.05, 0.1) is 17.9 Å². The van der Waals surface area contributed by atoms with E-state index in [9.17, 15) is 19.5 Å². The molecule has 0 radical (unpaired) electrons. The van der Waals surface area contributed by atoms with Crippen LogP contribution in [0.5, 0.6) is 0 Å². The van der Waals surface area contributed by atoms with Gasteiger partial charge in [0, 0.05) is 38.1 Å². The molecule has 166 valence electrons. The molecular weight excluding hydrogens is 400 g/mol. The Bertz CT molecular complexity index is 951. The van der Waals surface area contributed by atoms with Gasteiger partial charge in [0.1, 0.15) is 0 Å². The molecule has 0 aliphatic carbocycles. The Morgan fingerprint density at radius 1 is 1.16 bits per heavy atom. The maximum atomic E-state index is 11.8. The number of nitrogens with zero attached hydrogens (tertiary/aromatic N) is 2. The second-order valence-electron chi connectivity index (χ2n) is 7.79. The third-order valence-electron chi connectivity index (χ3n) is 5.44. The fraction of sp³-hybridized carbons (Fsp3) is 0.478. The van der Waals surface area contributed by atoms with Crippen molar-refractivity contribution in [3.63, 3.8) is 0 Å². The summed E-state index contributed by atoms with van der Waals surface area (Å²) in [5.74, 6) is -2.41. The maximum Gasteiger partial charge on any atom is 0.308 e. The molecule has 2 heterocycles. The minimum atomic E-state index is -0.922. The van der Waals surface area contributed by atoms with Gasteiger partial charge < -0.3 is 19.1 Å². The zero-order chi connectivity index (χ0) is 22.4. The molecule has 0 fully saturated rings. The van der Waals surface area contributed by atoms with E-state index in [0.717, 1.165) is 29.9 Å². The Hall–Kier alpha value is -3.16. The predicted octanol–water partition coefficient (Wildman–Crippen LogP) is 3.23. The number of carboxylic acids is 1. The number of ether oxygens (including phenoxy) is 2. The van der Waals surface area contributed by atoms with Crippen LogP contribution in [0.4, 0.5) is 0 Å². The number of carbonyl (C=O) groups is 3. The van der Waals surface area contributed by atoms with Crippen molar-refractivity contribution in [1.29, 1.82) is 0 Å². The lowest BCUT2D eigenvalue weighted by Gasteiger charge is -2.20. The van der Waals surface area contributed by atoms with Gasteiger partial charge in [0.25, 0.3) is 0 Å². The molecule has 0 spiro atoms. The molecule has 8 nitrogen and oxygen atoms in total. The SMILES string of the molecule is CC(=O)OC(C)OC(=O)CCCC[C@@H](Cc1ncn2c1CCc1ccccc1-2)C(=O)O. The van der Waals surface area contributed by atoms with E-state index in [-0.39, 0.29) is 6.42 Å². The highest BCUT2D eigenvalue weighted by Gasteiger charge is 2.25. The summed E-state index contributed by atoms with van der Waals surface area (Å²) in [6.45, 7) is 2.72. The van der Waals surface area contributed by atoms with E-state index in [4.69, 9.17) is 9.47 Å². The molecule has 0 bridgehead atoms. The average molecular weight is 428 g/mol. The minimum Gasteiger partial charge on any atom is -0.481 e. The molecule has 2 aromatic rings. The smallest absolute Gasteiger partial charge is 0.308 e. The van der Waals surface area contributed by atoms with Crippen molar-refractivity contribution in [3.05, 3.63) is 47.5 Å². The molecule has 1 aliphatic heterocycles. The van der Waals surface area contributed by atoms with Gasteiger partial charge in [-0.15, -0.1) is 0 Å². The van der Waals surface area contributed by atoms with E-state index in [2.05, 4.69) is 21.7 Å². The summed E-state index contributed by atoms with van der Waals surface area (Å²) in [7, 11) is 0. The van der Waals surface area contributed by atoms with E-state index in [1.807, 2.05) is 12.1 Å². The first-order chi connectivity index (χ1) is 14.8. The fourth-order valence-electron chi connectivity index (χ4n) is 3.97. The number of hydrogen-bond acceptors (Lipinski definition) is 6. The van der Waals surface area contributed by atoms with Crippen molar-refractivity contribution < 1.29 is 29.0 Å². The largest absolute Gasteiger partial charge is 0.481 e. The van der Waals surface area contributed by atoms with E-state index in [0.29, 0.717) is 25.7 Å². The van der Waals surface area contributed by atoms with Crippen molar-refractivity contribution in [2.75, 3.05) is 0 Å². The Morgan fingerprint density at radius 2 is 1.94 bits per heavy atom. The highest BCUT2D eigenvalue weighted by molar-refractivity contribution is 5.71. The van der Waals surface area contributed by atoms with E-state index < -0.39 is 30.1 Å². The highest BCUT2D eigenvalue weighted by Crippen LogP contribution is 2.28. The second kappa shape index (κ2) is 10.2. The van der Waals surface area contributed by atoms with E-state index in [1.165, 1.54) is 19.4 Å². The molecule has 8 heteroatoms. The summed E-state index contributed by atoms with van der Waals surface area (Å²) in [6, 6.07) is 8.18. The number of carboxylic acid groups (broad SMARTS) is 1. The number of aromatic nitrogens is 2. The van der Waals surface area contributed by atoms with Crippen LogP contribution in [0.3, 0.4) is 0 Å². The van der Waals surface area contributed by atoms with Crippen LogP contribution in [0.25, 0.3) is 5.69 Å². The number of esters is 2. The fourth-order valence-corrected chi connectivity index (χ4v) is 3.97. The van der Waals surface area contributed by atoms with Gasteiger partial charge in [-0.1, -0.05) is 24.6 Å². The Morgan fingerprint density at radius 3 is 2.68 bits per heavy atom. The Kier molecular flexibility index (Phi) is 7.44. The first-order valence-corrected chi connectivity index (χ1v) is 10.6. The first-order valence-electron chi connectivity index (χ1n) is 10.6. The van der Waals surface area contributed by atoms with Crippen molar-refractivity contribution in [2.45, 2.75) is 65.1 Å². The van der Waals surface area contributed by atoms with Crippen molar-refractivity contribution in [1.82, 2.24) is 9.55 Å². The van der Waals surface area contributed by atoms with Crippen LogP contribution in [0.15, 0.2) is 30.6 Å². The lowest BCUT2D eigenvalue weighted by Crippen LogP contribution is -2.20. The average Bonchev–Trinajstić information content (AvgIpc) is 3.12. The normalized spacial score (nSPS) is 14.1. The molecule has 0 amide bonds. The van der Waals surface area contributed by atoms with E-state index >= 15 is 0 Å². The summed E-state index contributed by atoms with van der Waals surface area (Å²) in [5.41, 5.74) is 4.28. The van der Waals surface area contributed by atoms with Gasteiger partial charge in [-0.3, -0.25) is 14.4 Å². The molecule has 1 aromatic carbocycles. The van der Waals surface area contributed by atoms with Crippen LogP contribution >= 0.6 is 0 Å². The Labute approximate surface area is 181 Å². The predicted molar refractivity (Wildman–Crippen MR) is 112 cm³/mol. The molecule has 0 saturated carbocycles. The number of unbranched alkanes of at least 4 members (excludes halogenated alkanes) is 1. The van der Waals surface area contributed by atoms with Crippen LogP contribution in [-0.4, -0.2) is 38.9 Å². The zero-order valence-corrected chi connectivity index (χ0v) is 17.9. The lowest BCUT2D eigenvalue weighted by atomic mass is 9.93. The van der Waals surface area contributed by atoms with Crippen LogP contribution in [-0.2, 0) is 43.1 Å². The Balaban J connectivity index is 1.52. The van der Waals surface area contributed by atoms with Crippen LogP contribution in [0.2, 0.25) is 0 Å². The van der Waals surface area contributed by atoms with Gasteiger partial charge in [-0.25, -0.2) is 4.98 Å². The number of imidazole rings is 1. The third-order valence-corrected chi connectivity index (χ3v) is 5.44. The lowest BCUT2D eigenvalue weighted by molar-refractivity contribution is -0.182. The van der Waals surface area contributed by atoms with Gasteiger partial charge in [0.15, 0.2) is 0 Å². The van der Waals surface area contributed by atoms with Crippen molar-refractivity contribution >= 4 is 17.9 Å². The molecule has 2 atom stereocenters. The topological polar surface area (TPSA) is 108 Å². The summed E-state index contributed by atoms with van der Waals surface area (Å²) >= 11 is 0. The second-order valence-corrected chi connectivity index (χ2v) is 7.79. The number of para-hydroxylation sites is 1. The highest BCUT2D eigenvalue weighted by atomic mass is 16.7. The van der Waals surface area contributed by atoms with Crippen LogP contribution in [0, 0.1) is 5.92 Å². The molecule has 1 N–H and O–H groups in total. The summed E-state index contributed by atoms with van der Waals surface area (Å²) in [6.07, 6.45) is 4.66. The van der Waals surface area contributed by atoms with Crippen molar-refractivity contribution in [3.8, 4) is 5.69 Å². The molecule has 31 heavy (non-hydrogen) atoms. The third kappa shape index (κ3) is 5.93. The molecule has 1 unspecified atom stereocenters. The van der Waals surface area contributed by atoms with Crippen LogP contribution < -0.4 is 0 Å². The number of aliphatic carboxylic acids is 1. The number of fused-ring (bicyclic) bond motifs is 3. The minimum absolute atomic E-state index is 0.147. The first kappa shape index (κ1) is 22.5. The zero-order valence-electron chi connectivity index (χ0n) is 17.9. The van der Waals surface area contributed by atoms with Gasteiger partial charge in [-0.05, 0) is 37.3 Å². The van der Waals surface area contributed by atoms with Gasteiger partial charge >= 0.3 is 17.9 Å². The molecular formula is C23H28N2O6. The summed E-state index contributed by atoms with van der Waals surface area (Å²) < 4.78 is 11.8. The number of aryl methyl sites for hydroxylation is 1. The molecule has 1 aromatic heterocycles. The standard InChI is InChI=1S/C23H28N2O6/c1-15(26)30-16(2)31-22(27)10-6-4-8-18(23(28)29)13-19-21-12-11-17-7-3-5-9-20(17)25(21)14-24-19/h3,5,7,9,14,16,18H,4,6,8,10-13H2,1-2H3,(H,28,29)/t16?,18-/m0/s1. The number of hydrogen-bond donors (Lipinski definition) is 1.